The van der Waals surface area contributed by atoms with E-state index >= 15 is 0 Å². The van der Waals surface area contributed by atoms with E-state index in [1.165, 1.54) is 16.9 Å². The summed E-state index contributed by atoms with van der Waals surface area (Å²) in [5, 5.41) is 10.8. The van der Waals surface area contributed by atoms with E-state index in [1.807, 2.05) is 37.3 Å². The summed E-state index contributed by atoms with van der Waals surface area (Å²) in [6.45, 7) is 2.12. The van der Waals surface area contributed by atoms with Crippen LogP contribution in [0.15, 0.2) is 54.9 Å². The van der Waals surface area contributed by atoms with Gasteiger partial charge in [0.05, 0.1) is 17.2 Å². The summed E-state index contributed by atoms with van der Waals surface area (Å²) >= 11 is 1.42. The molecule has 4 aromatic rings. The number of H-pyrrole nitrogens is 1. The molecule has 0 atom stereocenters. The van der Waals surface area contributed by atoms with Crippen molar-refractivity contribution in [2.75, 3.05) is 0 Å². The fourth-order valence-corrected chi connectivity index (χ4v) is 3.77. The van der Waals surface area contributed by atoms with Crippen molar-refractivity contribution >= 4 is 17.2 Å². The fraction of sp³-hybridized carbons (Fsp3) is 0.150. The number of amides is 1. The SMILES string of the molecule is Cc1nc(Cc2ccccc2)sc1C(=O)NCc1nc(-c2ccncc2)n[nH]1. The monoisotopic (exact) mass is 390 g/mol. The standard InChI is InChI=1S/C20H18N6OS/c1-13-18(28-17(23-13)11-14-5-3-2-4-6-14)20(27)22-12-16-24-19(26-25-16)15-7-9-21-10-8-15/h2-10H,11-12H2,1H3,(H,22,27)(H,24,25,26). The van der Waals surface area contributed by atoms with Gasteiger partial charge in [0.2, 0.25) is 0 Å². The molecule has 1 aromatic carbocycles. The zero-order valence-corrected chi connectivity index (χ0v) is 16.0. The normalized spacial score (nSPS) is 10.8. The number of rotatable bonds is 6. The number of carbonyl (C=O) groups is 1. The molecule has 0 spiro atoms. The van der Waals surface area contributed by atoms with E-state index in [1.54, 1.807) is 12.4 Å². The van der Waals surface area contributed by atoms with Crippen LogP contribution < -0.4 is 5.32 Å². The van der Waals surface area contributed by atoms with Gasteiger partial charge >= 0.3 is 0 Å². The smallest absolute Gasteiger partial charge is 0.263 e. The number of nitrogens with zero attached hydrogens (tertiary/aromatic N) is 4. The maximum atomic E-state index is 12.6. The highest BCUT2D eigenvalue weighted by Gasteiger charge is 2.16. The Morgan fingerprint density at radius 3 is 2.68 bits per heavy atom. The first kappa shape index (κ1) is 18.0. The molecule has 2 N–H and O–H groups in total. The summed E-state index contributed by atoms with van der Waals surface area (Å²) < 4.78 is 0. The first-order valence-corrected chi connectivity index (χ1v) is 9.61. The summed E-state index contributed by atoms with van der Waals surface area (Å²) in [5.41, 5.74) is 2.78. The van der Waals surface area contributed by atoms with Crippen LogP contribution in [0.25, 0.3) is 11.4 Å². The Hall–Kier alpha value is -3.39. The van der Waals surface area contributed by atoms with Crippen LogP contribution in [0.1, 0.15) is 31.8 Å². The lowest BCUT2D eigenvalue weighted by Crippen LogP contribution is -2.23. The van der Waals surface area contributed by atoms with Crippen molar-refractivity contribution < 1.29 is 4.79 Å². The Bertz CT molecular complexity index is 1070. The topological polar surface area (TPSA) is 96.5 Å². The van der Waals surface area contributed by atoms with Crippen molar-refractivity contribution in [3.63, 3.8) is 0 Å². The van der Waals surface area contributed by atoms with Crippen molar-refractivity contribution in [3.8, 4) is 11.4 Å². The van der Waals surface area contributed by atoms with Gasteiger partial charge in [0, 0.05) is 24.4 Å². The van der Waals surface area contributed by atoms with Gasteiger partial charge in [-0.2, -0.15) is 5.10 Å². The minimum Gasteiger partial charge on any atom is -0.344 e. The minimum absolute atomic E-state index is 0.156. The van der Waals surface area contributed by atoms with Gasteiger partial charge in [-0.1, -0.05) is 30.3 Å². The lowest BCUT2D eigenvalue weighted by Gasteiger charge is -2.01. The van der Waals surface area contributed by atoms with Crippen molar-refractivity contribution in [1.29, 1.82) is 0 Å². The highest BCUT2D eigenvalue weighted by molar-refractivity contribution is 7.13. The number of nitrogens with one attached hydrogen (secondary N) is 2. The largest absolute Gasteiger partial charge is 0.344 e. The van der Waals surface area contributed by atoms with Crippen molar-refractivity contribution in [1.82, 2.24) is 30.5 Å². The third-order valence-electron chi connectivity index (χ3n) is 4.13. The van der Waals surface area contributed by atoms with Gasteiger partial charge in [0.25, 0.3) is 5.91 Å². The van der Waals surface area contributed by atoms with Gasteiger partial charge in [0.15, 0.2) is 5.82 Å². The number of carbonyl (C=O) groups excluding carboxylic acids is 1. The molecule has 0 aliphatic heterocycles. The van der Waals surface area contributed by atoms with E-state index in [0.717, 1.165) is 22.7 Å². The molecule has 4 rings (SSSR count). The Morgan fingerprint density at radius 2 is 1.89 bits per heavy atom. The lowest BCUT2D eigenvalue weighted by atomic mass is 10.2. The number of thiazole rings is 1. The Labute approximate surface area is 165 Å². The number of pyridine rings is 1. The second kappa shape index (κ2) is 8.10. The summed E-state index contributed by atoms with van der Waals surface area (Å²) in [7, 11) is 0. The van der Waals surface area contributed by atoms with Gasteiger partial charge in [-0.25, -0.2) is 9.97 Å². The first-order valence-electron chi connectivity index (χ1n) is 8.79. The quantitative estimate of drug-likeness (QED) is 0.527. The van der Waals surface area contributed by atoms with Gasteiger partial charge < -0.3 is 5.32 Å². The molecule has 0 saturated carbocycles. The van der Waals surface area contributed by atoms with E-state index in [4.69, 9.17) is 0 Å². The predicted octanol–water partition coefficient (Wildman–Crippen LogP) is 3.15. The molecule has 3 heterocycles. The molecule has 0 bridgehead atoms. The molecule has 1 amide bonds. The summed E-state index contributed by atoms with van der Waals surface area (Å²) in [5.74, 6) is 1.01. The maximum Gasteiger partial charge on any atom is 0.263 e. The molecule has 3 aromatic heterocycles. The molecule has 0 saturated heterocycles. The number of benzene rings is 1. The van der Waals surface area contributed by atoms with Crippen LogP contribution >= 0.6 is 11.3 Å². The maximum absolute atomic E-state index is 12.6. The lowest BCUT2D eigenvalue weighted by molar-refractivity contribution is 0.0953. The minimum atomic E-state index is -0.156. The Morgan fingerprint density at radius 1 is 1.11 bits per heavy atom. The zero-order chi connectivity index (χ0) is 19.3. The molecule has 7 nitrogen and oxygen atoms in total. The number of aromatic nitrogens is 5. The molecular formula is C20H18N6OS. The van der Waals surface area contributed by atoms with Crippen molar-refractivity contribution in [2.24, 2.45) is 0 Å². The summed E-state index contributed by atoms with van der Waals surface area (Å²) in [6.07, 6.45) is 4.09. The molecule has 0 aliphatic rings. The molecule has 0 aliphatic carbocycles. The molecule has 140 valence electrons. The first-order chi connectivity index (χ1) is 13.7. The van der Waals surface area contributed by atoms with Crippen LogP contribution in [0.4, 0.5) is 0 Å². The molecule has 8 heteroatoms. The average Bonchev–Trinajstić information content (AvgIpc) is 3.34. The number of aryl methyl sites for hydroxylation is 1. The third kappa shape index (κ3) is 4.12. The highest BCUT2D eigenvalue weighted by atomic mass is 32.1. The Balaban J connectivity index is 1.40. The van der Waals surface area contributed by atoms with Crippen LogP contribution in [-0.4, -0.2) is 31.1 Å². The van der Waals surface area contributed by atoms with Crippen LogP contribution in [0, 0.1) is 6.92 Å². The van der Waals surface area contributed by atoms with E-state index in [-0.39, 0.29) is 12.5 Å². The second-order valence-corrected chi connectivity index (χ2v) is 7.29. The van der Waals surface area contributed by atoms with E-state index in [0.29, 0.717) is 16.5 Å². The number of aromatic amines is 1. The van der Waals surface area contributed by atoms with Crippen LogP contribution in [0.3, 0.4) is 0 Å². The fourth-order valence-electron chi connectivity index (χ4n) is 2.76. The third-order valence-corrected chi connectivity index (χ3v) is 5.29. The van der Waals surface area contributed by atoms with Crippen molar-refractivity contribution in [2.45, 2.75) is 19.9 Å². The predicted molar refractivity (Wildman–Crippen MR) is 107 cm³/mol. The van der Waals surface area contributed by atoms with Crippen LogP contribution in [-0.2, 0) is 13.0 Å². The van der Waals surface area contributed by atoms with Crippen LogP contribution in [0.5, 0.6) is 0 Å². The molecule has 0 radical (unpaired) electrons. The second-order valence-electron chi connectivity index (χ2n) is 6.21. The molecule has 0 unspecified atom stereocenters. The van der Waals surface area contributed by atoms with Gasteiger partial charge in [-0.3, -0.25) is 14.9 Å². The van der Waals surface area contributed by atoms with E-state index < -0.39 is 0 Å². The molecular weight excluding hydrogens is 372 g/mol. The molecule has 28 heavy (non-hydrogen) atoms. The Kier molecular flexibility index (Phi) is 5.20. The van der Waals surface area contributed by atoms with Crippen molar-refractivity contribution in [3.05, 3.63) is 81.8 Å². The van der Waals surface area contributed by atoms with E-state index in [9.17, 15) is 4.79 Å². The number of hydrogen-bond acceptors (Lipinski definition) is 6. The number of hydrogen-bond donors (Lipinski definition) is 2. The van der Waals surface area contributed by atoms with Gasteiger partial charge in [-0.15, -0.1) is 11.3 Å². The zero-order valence-electron chi connectivity index (χ0n) is 15.2. The average molecular weight is 390 g/mol. The summed E-state index contributed by atoms with van der Waals surface area (Å²) in [6, 6.07) is 13.8. The summed E-state index contributed by atoms with van der Waals surface area (Å²) in [4.78, 5) is 26.1. The van der Waals surface area contributed by atoms with E-state index in [2.05, 4.69) is 42.6 Å². The van der Waals surface area contributed by atoms with Gasteiger partial charge in [-0.05, 0) is 24.6 Å². The van der Waals surface area contributed by atoms with Gasteiger partial charge in [0.1, 0.15) is 10.7 Å². The molecule has 0 fully saturated rings. The highest BCUT2D eigenvalue weighted by Crippen LogP contribution is 2.21. The van der Waals surface area contributed by atoms with Crippen LogP contribution in [0.2, 0.25) is 0 Å².